The van der Waals surface area contributed by atoms with Crippen LogP contribution in [0.3, 0.4) is 0 Å². The standard InChI is InChI=1S/C13H18F2N2O/c1-18-13-6-10(14)12(5-11(13)15)17-8-9-3-2-4-16-7-9/h5-6,9,16-17H,2-4,7-8H2,1H3. The Labute approximate surface area is 106 Å². The predicted octanol–water partition coefficient (Wildman–Crippen LogP) is 2.38. The molecule has 0 aliphatic carbocycles. The SMILES string of the molecule is COc1cc(F)c(NCC2CCCNC2)cc1F. The molecule has 2 N–H and O–H groups in total. The molecule has 1 heterocycles. The molecule has 0 saturated carbocycles. The minimum Gasteiger partial charge on any atom is -0.494 e. The van der Waals surface area contributed by atoms with E-state index in [0.29, 0.717) is 12.5 Å². The Bertz CT molecular complexity index is 406. The fraction of sp³-hybridized carbons (Fsp3) is 0.538. The van der Waals surface area contributed by atoms with Gasteiger partial charge in [-0.3, -0.25) is 0 Å². The van der Waals surface area contributed by atoms with Gasteiger partial charge in [0.15, 0.2) is 11.6 Å². The van der Waals surface area contributed by atoms with E-state index in [4.69, 9.17) is 4.74 Å². The van der Waals surface area contributed by atoms with Crippen molar-refractivity contribution in [3.05, 3.63) is 23.8 Å². The summed E-state index contributed by atoms with van der Waals surface area (Å²) in [4.78, 5) is 0. The Hall–Kier alpha value is -1.36. The summed E-state index contributed by atoms with van der Waals surface area (Å²) in [5, 5.41) is 6.25. The summed E-state index contributed by atoms with van der Waals surface area (Å²) in [5.74, 6) is -0.652. The minimum absolute atomic E-state index is 0.0719. The molecule has 1 aliphatic rings. The highest BCUT2D eigenvalue weighted by molar-refractivity contribution is 5.48. The number of anilines is 1. The normalized spacial score (nSPS) is 19.6. The van der Waals surface area contributed by atoms with Crippen LogP contribution in [0.25, 0.3) is 0 Å². The average molecular weight is 256 g/mol. The molecule has 1 aliphatic heterocycles. The lowest BCUT2D eigenvalue weighted by atomic mass is 10.00. The molecule has 1 fully saturated rings. The van der Waals surface area contributed by atoms with Crippen molar-refractivity contribution in [2.75, 3.05) is 32.1 Å². The first-order valence-corrected chi connectivity index (χ1v) is 6.18. The number of hydrogen-bond donors (Lipinski definition) is 2. The molecule has 0 aromatic heterocycles. The van der Waals surface area contributed by atoms with Crippen molar-refractivity contribution in [2.24, 2.45) is 5.92 Å². The van der Waals surface area contributed by atoms with Gasteiger partial charge in [0.1, 0.15) is 5.82 Å². The van der Waals surface area contributed by atoms with E-state index < -0.39 is 11.6 Å². The zero-order chi connectivity index (χ0) is 13.0. The highest BCUT2D eigenvalue weighted by Gasteiger charge is 2.15. The first-order chi connectivity index (χ1) is 8.70. The maximum absolute atomic E-state index is 13.6. The number of halogens is 2. The molecule has 0 spiro atoms. The van der Waals surface area contributed by atoms with Crippen molar-refractivity contribution in [3.63, 3.8) is 0 Å². The third-order valence-electron chi connectivity index (χ3n) is 3.22. The maximum atomic E-state index is 13.6. The number of piperidine rings is 1. The lowest BCUT2D eigenvalue weighted by Crippen LogP contribution is -2.33. The van der Waals surface area contributed by atoms with Gasteiger partial charge < -0.3 is 15.4 Å². The smallest absolute Gasteiger partial charge is 0.167 e. The molecule has 2 rings (SSSR count). The number of nitrogens with one attached hydrogen (secondary N) is 2. The van der Waals surface area contributed by atoms with E-state index in [9.17, 15) is 8.78 Å². The van der Waals surface area contributed by atoms with Crippen LogP contribution in [0.5, 0.6) is 5.75 Å². The van der Waals surface area contributed by atoms with E-state index in [1.54, 1.807) is 0 Å². The van der Waals surface area contributed by atoms with E-state index >= 15 is 0 Å². The predicted molar refractivity (Wildman–Crippen MR) is 67.0 cm³/mol. The van der Waals surface area contributed by atoms with Gasteiger partial charge in [0.2, 0.25) is 0 Å². The van der Waals surface area contributed by atoms with Gasteiger partial charge >= 0.3 is 0 Å². The molecular formula is C13H18F2N2O. The van der Waals surface area contributed by atoms with Crippen LogP contribution in [0.15, 0.2) is 12.1 Å². The lowest BCUT2D eigenvalue weighted by molar-refractivity contribution is 0.382. The summed E-state index contributed by atoms with van der Waals surface area (Å²) < 4.78 is 31.8. The minimum atomic E-state index is -0.553. The topological polar surface area (TPSA) is 33.3 Å². The molecule has 1 aromatic carbocycles. The second-order valence-corrected chi connectivity index (χ2v) is 4.56. The molecule has 1 atom stereocenters. The third-order valence-corrected chi connectivity index (χ3v) is 3.22. The zero-order valence-electron chi connectivity index (χ0n) is 10.4. The largest absolute Gasteiger partial charge is 0.494 e. The molecular weight excluding hydrogens is 238 g/mol. The van der Waals surface area contributed by atoms with Crippen LogP contribution in [0, 0.1) is 17.6 Å². The van der Waals surface area contributed by atoms with E-state index in [1.165, 1.54) is 7.11 Å². The van der Waals surface area contributed by atoms with Gasteiger partial charge in [-0.2, -0.15) is 0 Å². The van der Waals surface area contributed by atoms with E-state index in [2.05, 4.69) is 10.6 Å². The van der Waals surface area contributed by atoms with Crippen LogP contribution in [0.2, 0.25) is 0 Å². The lowest BCUT2D eigenvalue weighted by Gasteiger charge is -2.23. The van der Waals surface area contributed by atoms with Gasteiger partial charge in [-0.25, -0.2) is 8.78 Å². The van der Waals surface area contributed by atoms with Crippen LogP contribution >= 0.6 is 0 Å². The molecule has 1 aromatic rings. The van der Waals surface area contributed by atoms with Crippen LogP contribution in [0.1, 0.15) is 12.8 Å². The fourth-order valence-corrected chi connectivity index (χ4v) is 2.17. The summed E-state index contributed by atoms with van der Waals surface area (Å²) in [6.45, 7) is 2.62. The van der Waals surface area contributed by atoms with E-state index in [-0.39, 0.29) is 11.4 Å². The Morgan fingerprint density at radius 2 is 2.22 bits per heavy atom. The Balaban J connectivity index is 1.98. The van der Waals surface area contributed by atoms with Gasteiger partial charge in [-0.1, -0.05) is 0 Å². The van der Waals surface area contributed by atoms with Crippen molar-refractivity contribution in [1.29, 1.82) is 0 Å². The zero-order valence-corrected chi connectivity index (χ0v) is 10.4. The van der Waals surface area contributed by atoms with Gasteiger partial charge in [0.25, 0.3) is 0 Å². The Morgan fingerprint density at radius 3 is 2.89 bits per heavy atom. The van der Waals surface area contributed by atoms with Crippen molar-refractivity contribution in [1.82, 2.24) is 5.32 Å². The van der Waals surface area contributed by atoms with Gasteiger partial charge in [-0.15, -0.1) is 0 Å². The molecule has 0 amide bonds. The van der Waals surface area contributed by atoms with Crippen molar-refractivity contribution in [3.8, 4) is 5.75 Å². The second-order valence-electron chi connectivity index (χ2n) is 4.56. The van der Waals surface area contributed by atoms with Crippen LogP contribution in [0.4, 0.5) is 14.5 Å². The first-order valence-electron chi connectivity index (χ1n) is 6.18. The summed E-state index contributed by atoms with van der Waals surface area (Å²) in [6.07, 6.45) is 2.24. The molecule has 100 valence electrons. The molecule has 5 heteroatoms. The van der Waals surface area contributed by atoms with Crippen LogP contribution < -0.4 is 15.4 Å². The number of ether oxygens (including phenoxy) is 1. The fourth-order valence-electron chi connectivity index (χ4n) is 2.17. The first kappa shape index (κ1) is 13.1. The molecule has 18 heavy (non-hydrogen) atoms. The average Bonchev–Trinajstić information content (AvgIpc) is 2.40. The molecule has 1 unspecified atom stereocenters. The van der Waals surface area contributed by atoms with Crippen LogP contribution in [-0.4, -0.2) is 26.7 Å². The highest BCUT2D eigenvalue weighted by atomic mass is 19.1. The van der Waals surface area contributed by atoms with Crippen molar-refractivity contribution in [2.45, 2.75) is 12.8 Å². The molecule has 3 nitrogen and oxygen atoms in total. The van der Waals surface area contributed by atoms with Crippen LogP contribution in [-0.2, 0) is 0 Å². The van der Waals surface area contributed by atoms with Crippen molar-refractivity contribution < 1.29 is 13.5 Å². The number of methoxy groups -OCH3 is 1. The monoisotopic (exact) mass is 256 g/mol. The maximum Gasteiger partial charge on any atom is 0.167 e. The summed E-state index contributed by atoms with van der Waals surface area (Å²) >= 11 is 0. The van der Waals surface area contributed by atoms with Crippen molar-refractivity contribution >= 4 is 5.69 Å². The molecule has 0 bridgehead atoms. The molecule has 1 saturated heterocycles. The Kier molecular flexibility index (Phi) is 4.36. The van der Waals surface area contributed by atoms with Gasteiger partial charge in [0.05, 0.1) is 12.8 Å². The quantitative estimate of drug-likeness (QED) is 0.867. The summed E-state index contributed by atoms with van der Waals surface area (Å²) in [5.41, 5.74) is 0.193. The summed E-state index contributed by atoms with van der Waals surface area (Å²) in [6, 6.07) is 2.21. The van der Waals surface area contributed by atoms with E-state index in [1.807, 2.05) is 0 Å². The summed E-state index contributed by atoms with van der Waals surface area (Å²) in [7, 11) is 1.32. The highest BCUT2D eigenvalue weighted by Crippen LogP contribution is 2.25. The molecule has 0 radical (unpaired) electrons. The van der Waals surface area contributed by atoms with E-state index in [0.717, 1.165) is 38.1 Å². The Morgan fingerprint density at radius 1 is 1.39 bits per heavy atom. The van der Waals surface area contributed by atoms with Gasteiger partial charge in [0, 0.05) is 18.7 Å². The third kappa shape index (κ3) is 3.10. The van der Waals surface area contributed by atoms with Gasteiger partial charge in [-0.05, 0) is 31.8 Å². The second kappa shape index (κ2) is 6.00. The number of hydrogen-bond acceptors (Lipinski definition) is 3. The number of benzene rings is 1. The number of rotatable bonds is 4.